The van der Waals surface area contributed by atoms with Crippen LogP contribution in [0, 0.1) is 11.7 Å². The van der Waals surface area contributed by atoms with Crippen LogP contribution in [0.25, 0.3) is 0 Å². The van der Waals surface area contributed by atoms with Crippen LogP contribution < -0.4 is 4.90 Å². The third kappa shape index (κ3) is 4.80. The third-order valence-electron chi connectivity index (χ3n) is 7.89. The molecule has 2 aliphatic rings. The molecule has 1 aliphatic carbocycles. The van der Waals surface area contributed by atoms with Crippen LogP contribution in [0.2, 0.25) is 0 Å². The third-order valence-corrected chi connectivity index (χ3v) is 7.89. The number of aromatic hydroxyl groups is 1. The first-order chi connectivity index (χ1) is 17.1. The molecule has 4 nitrogen and oxygen atoms in total. The Bertz CT molecular complexity index is 1140. The average Bonchev–Trinajstić information content (AvgIpc) is 2.89. The number of benzene rings is 3. The van der Waals surface area contributed by atoms with Crippen LogP contribution in [-0.2, 0) is 15.9 Å². The summed E-state index contributed by atoms with van der Waals surface area (Å²) in [4.78, 5) is 2.26. The van der Waals surface area contributed by atoms with Gasteiger partial charge in [0, 0.05) is 44.8 Å². The molecular formula is C30H34FNO3. The maximum atomic E-state index is 15.9. The number of aryl methyl sites for hydroxylation is 1. The van der Waals surface area contributed by atoms with Gasteiger partial charge in [0.25, 0.3) is 0 Å². The summed E-state index contributed by atoms with van der Waals surface area (Å²) >= 11 is 0. The van der Waals surface area contributed by atoms with Crippen LogP contribution in [0.3, 0.4) is 0 Å². The van der Waals surface area contributed by atoms with Crippen molar-refractivity contribution < 1.29 is 19.0 Å². The molecule has 1 N–H and O–H groups in total. The van der Waals surface area contributed by atoms with E-state index in [4.69, 9.17) is 9.47 Å². The summed E-state index contributed by atoms with van der Waals surface area (Å²) in [6, 6.07) is 21.7. The Kier molecular flexibility index (Phi) is 7.07. The van der Waals surface area contributed by atoms with Crippen molar-refractivity contribution in [3.05, 3.63) is 94.8 Å². The predicted molar refractivity (Wildman–Crippen MR) is 137 cm³/mol. The van der Waals surface area contributed by atoms with E-state index in [1.807, 2.05) is 24.3 Å². The first-order valence-electron chi connectivity index (χ1n) is 12.6. The highest BCUT2D eigenvalue weighted by atomic mass is 19.1. The summed E-state index contributed by atoms with van der Waals surface area (Å²) in [6.45, 7) is 1.70. The number of fused-ring (bicyclic) bond motifs is 1. The van der Waals surface area contributed by atoms with Crippen LogP contribution in [0.15, 0.2) is 66.7 Å². The zero-order valence-corrected chi connectivity index (χ0v) is 20.5. The van der Waals surface area contributed by atoms with E-state index in [2.05, 4.69) is 35.2 Å². The highest BCUT2D eigenvalue weighted by Crippen LogP contribution is 2.48. The fourth-order valence-electron chi connectivity index (χ4n) is 6.13. The van der Waals surface area contributed by atoms with Gasteiger partial charge < -0.3 is 19.5 Å². The van der Waals surface area contributed by atoms with Gasteiger partial charge in [0.15, 0.2) is 6.29 Å². The smallest absolute Gasteiger partial charge is 0.159 e. The first kappa shape index (κ1) is 23.8. The molecule has 0 aromatic heterocycles. The topological polar surface area (TPSA) is 41.9 Å². The van der Waals surface area contributed by atoms with Crippen molar-refractivity contribution in [1.29, 1.82) is 0 Å². The lowest BCUT2D eigenvalue weighted by atomic mass is 9.69. The summed E-state index contributed by atoms with van der Waals surface area (Å²) < 4.78 is 26.7. The molecule has 1 heterocycles. The second kappa shape index (κ2) is 10.4. The summed E-state index contributed by atoms with van der Waals surface area (Å²) in [5.74, 6) is 0.550. The van der Waals surface area contributed by atoms with E-state index in [9.17, 15) is 5.11 Å². The second-order valence-electron chi connectivity index (χ2n) is 9.79. The zero-order chi connectivity index (χ0) is 24.4. The monoisotopic (exact) mass is 475 g/mol. The fourth-order valence-corrected chi connectivity index (χ4v) is 6.13. The maximum Gasteiger partial charge on any atom is 0.159 e. The number of nitrogens with zero attached hydrogens (tertiary/aromatic N) is 1. The molecular weight excluding hydrogens is 441 g/mol. The van der Waals surface area contributed by atoms with Crippen LogP contribution in [0.5, 0.6) is 5.75 Å². The predicted octanol–water partition coefficient (Wildman–Crippen LogP) is 6.23. The van der Waals surface area contributed by atoms with Gasteiger partial charge in [-0.05, 0) is 78.1 Å². The molecule has 0 radical (unpaired) electrons. The number of rotatable bonds is 6. The van der Waals surface area contributed by atoms with Gasteiger partial charge in [-0.25, -0.2) is 4.39 Å². The normalized spacial score (nSPS) is 20.7. The summed E-state index contributed by atoms with van der Waals surface area (Å²) in [5.41, 5.74) is 5.10. The maximum absolute atomic E-state index is 15.9. The average molecular weight is 476 g/mol. The summed E-state index contributed by atoms with van der Waals surface area (Å²) in [6.07, 6.45) is 3.51. The minimum atomic E-state index is -0.183. The van der Waals surface area contributed by atoms with Crippen LogP contribution in [-0.4, -0.2) is 38.7 Å². The number of halogens is 1. The van der Waals surface area contributed by atoms with E-state index < -0.39 is 0 Å². The number of phenolic OH excluding ortho intramolecular Hbond substituents is 1. The molecule has 5 heteroatoms. The number of methoxy groups -OCH3 is 2. The number of ether oxygens (including phenoxy) is 2. The van der Waals surface area contributed by atoms with Gasteiger partial charge in [0.1, 0.15) is 11.6 Å². The number of phenols is 1. The van der Waals surface area contributed by atoms with Gasteiger partial charge in [-0.2, -0.15) is 0 Å². The van der Waals surface area contributed by atoms with Gasteiger partial charge in [-0.1, -0.05) is 42.5 Å². The summed E-state index contributed by atoms with van der Waals surface area (Å²) in [7, 11) is 3.37. The molecule has 3 aromatic carbocycles. The van der Waals surface area contributed by atoms with Gasteiger partial charge in [-0.3, -0.25) is 0 Å². The van der Waals surface area contributed by atoms with Crippen molar-refractivity contribution in [1.82, 2.24) is 0 Å². The number of hydrogen-bond donors (Lipinski definition) is 1. The molecule has 0 bridgehead atoms. The number of anilines is 1. The van der Waals surface area contributed by atoms with Gasteiger partial charge in [0.05, 0.1) is 0 Å². The molecule has 1 fully saturated rings. The van der Waals surface area contributed by atoms with Crippen LogP contribution >= 0.6 is 0 Å². The highest BCUT2D eigenvalue weighted by Gasteiger charge is 2.34. The van der Waals surface area contributed by atoms with Crippen molar-refractivity contribution >= 4 is 5.69 Å². The molecule has 184 valence electrons. The molecule has 1 aliphatic heterocycles. The van der Waals surface area contributed by atoms with Crippen molar-refractivity contribution in [2.24, 2.45) is 5.92 Å². The van der Waals surface area contributed by atoms with E-state index in [0.29, 0.717) is 5.92 Å². The standard InChI is InChI=1S/C30H34FNO3/c1-34-30(35-2)21-14-16-32(17-15-21)23-9-12-27(28(31)19-23)29-25(20-6-4-3-5-7-20)11-8-22-18-24(33)10-13-26(22)29/h3-7,9-10,12-13,18-19,21,25,29-30,33H,8,11,14-17H2,1-2H3/t25-,29?/m1/s1. The molecule has 0 amide bonds. The minimum absolute atomic E-state index is 0.0919. The quantitative estimate of drug-likeness (QED) is 0.429. The van der Waals surface area contributed by atoms with Crippen molar-refractivity contribution in [2.45, 2.75) is 43.8 Å². The molecule has 2 atom stereocenters. The molecule has 35 heavy (non-hydrogen) atoms. The summed E-state index contributed by atoms with van der Waals surface area (Å²) in [5, 5.41) is 10.1. The van der Waals surface area contributed by atoms with Crippen LogP contribution in [0.4, 0.5) is 10.1 Å². The lowest BCUT2D eigenvalue weighted by molar-refractivity contribution is -0.141. The van der Waals surface area contributed by atoms with Crippen LogP contribution in [0.1, 0.15) is 53.4 Å². The lowest BCUT2D eigenvalue weighted by Crippen LogP contribution is -2.39. The lowest BCUT2D eigenvalue weighted by Gasteiger charge is -2.37. The van der Waals surface area contributed by atoms with E-state index in [0.717, 1.165) is 61.2 Å². The van der Waals surface area contributed by atoms with Crippen molar-refractivity contribution in [3.63, 3.8) is 0 Å². The van der Waals surface area contributed by atoms with Gasteiger partial charge >= 0.3 is 0 Å². The Morgan fingerprint density at radius 3 is 2.29 bits per heavy atom. The zero-order valence-electron chi connectivity index (χ0n) is 20.5. The second-order valence-corrected chi connectivity index (χ2v) is 9.79. The first-order valence-corrected chi connectivity index (χ1v) is 12.6. The fraction of sp³-hybridized carbons (Fsp3) is 0.400. The Morgan fingerprint density at radius 2 is 1.60 bits per heavy atom. The van der Waals surface area contributed by atoms with E-state index in [-0.39, 0.29) is 29.7 Å². The Balaban J connectivity index is 1.44. The van der Waals surface area contributed by atoms with E-state index >= 15 is 4.39 Å². The molecule has 1 unspecified atom stereocenters. The largest absolute Gasteiger partial charge is 0.508 e. The Hall–Kier alpha value is -2.89. The molecule has 5 rings (SSSR count). The van der Waals surface area contributed by atoms with Gasteiger partial charge in [-0.15, -0.1) is 0 Å². The van der Waals surface area contributed by atoms with E-state index in [1.165, 1.54) is 5.56 Å². The number of hydrogen-bond acceptors (Lipinski definition) is 4. The molecule has 0 spiro atoms. The molecule has 0 saturated carbocycles. The Morgan fingerprint density at radius 1 is 0.886 bits per heavy atom. The van der Waals surface area contributed by atoms with E-state index in [1.54, 1.807) is 26.4 Å². The highest BCUT2D eigenvalue weighted by molar-refractivity contribution is 5.53. The molecule has 3 aromatic rings. The van der Waals surface area contributed by atoms with Crippen molar-refractivity contribution in [2.75, 3.05) is 32.2 Å². The van der Waals surface area contributed by atoms with Gasteiger partial charge in [0.2, 0.25) is 0 Å². The molecule has 1 saturated heterocycles. The minimum Gasteiger partial charge on any atom is -0.508 e. The SMILES string of the molecule is COC(OC)C1CCN(c2ccc(C3c4ccc(O)cc4CC[C@@H]3c3ccccc3)c(F)c2)CC1. The van der Waals surface area contributed by atoms with Crippen molar-refractivity contribution in [3.8, 4) is 5.75 Å². The Labute approximate surface area is 207 Å². The number of piperidine rings is 1.